The maximum absolute atomic E-state index is 5.76. The SMILES string of the molecule is NNC(c1ccc(I)cc1)c1cccc2c1OCC2. The minimum absolute atomic E-state index is 0.0370. The molecule has 0 aromatic heterocycles. The van der Waals surface area contributed by atoms with Crippen molar-refractivity contribution in [1.29, 1.82) is 0 Å². The summed E-state index contributed by atoms with van der Waals surface area (Å²) in [6, 6.07) is 14.6. The molecule has 1 atom stereocenters. The van der Waals surface area contributed by atoms with Crippen molar-refractivity contribution in [3.63, 3.8) is 0 Å². The standard InChI is InChI=1S/C15H15IN2O/c16-12-6-4-10(5-7-12)14(18-17)13-3-1-2-11-8-9-19-15(11)13/h1-7,14,18H,8-9,17H2. The molecule has 0 bridgehead atoms. The summed E-state index contributed by atoms with van der Waals surface area (Å²) in [7, 11) is 0. The Bertz CT molecular complexity index is 583. The number of nitrogens with one attached hydrogen (secondary N) is 1. The predicted molar refractivity (Wildman–Crippen MR) is 84.0 cm³/mol. The van der Waals surface area contributed by atoms with Gasteiger partial charge in [-0.15, -0.1) is 0 Å². The van der Waals surface area contributed by atoms with Gasteiger partial charge in [0.15, 0.2) is 0 Å². The van der Waals surface area contributed by atoms with Crippen LogP contribution < -0.4 is 16.0 Å². The molecule has 0 saturated heterocycles. The highest BCUT2D eigenvalue weighted by Gasteiger charge is 2.22. The van der Waals surface area contributed by atoms with Gasteiger partial charge in [0.25, 0.3) is 0 Å². The van der Waals surface area contributed by atoms with Crippen molar-refractivity contribution in [3.8, 4) is 5.75 Å². The third-order valence-corrected chi connectivity index (χ3v) is 4.15. The van der Waals surface area contributed by atoms with E-state index in [1.807, 2.05) is 0 Å². The molecule has 0 radical (unpaired) electrons. The molecule has 3 nitrogen and oxygen atoms in total. The first kappa shape index (κ1) is 12.9. The topological polar surface area (TPSA) is 47.3 Å². The van der Waals surface area contributed by atoms with Crippen LogP contribution in [-0.4, -0.2) is 6.61 Å². The summed E-state index contributed by atoms with van der Waals surface area (Å²) in [5, 5.41) is 0. The van der Waals surface area contributed by atoms with Crippen LogP contribution in [0, 0.1) is 3.57 Å². The predicted octanol–water partition coefficient (Wildman–Crippen LogP) is 2.78. The summed E-state index contributed by atoms with van der Waals surface area (Å²) in [6.07, 6.45) is 0.979. The van der Waals surface area contributed by atoms with Gasteiger partial charge in [-0.2, -0.15) is 0 Å². The summed E-state index contributed by atoms with van der Waals surface area (Å²) in [4.78, 5) is 0. The van der Waals surface area contributed by atoms with Gasteiger partial charge >= 0.3 is 0 Å². The number of nitrogens with two attached hydrogens (primary N) is 1. The molecule has 1 aliphatic heterocycles. The summed E-state index contributed by atoms with van der Waals surface area (Å²) in [5.41, 5.74) is 6.42. The smallest absolute Gasteiger partial charge is 0.127 e. The lowest BCUT2D eigenvalue weighted by molar-refractivity contribution is 0.350. The Kier molecular flexibility index (Phi) is 3.72. The first-order chi connectivity index (χ1) is 9.29. The van der Waals surface area contributed by atoms with E-state index in [4.69, 9.17) is 10.6 Å². The van der Waals surface area contributed by atoms with Crippen molar-refractivity contribution in [2.45, 2.75) is 12.5 Å². The third kappa shape index (κ3) is 2.48. The second kappa shape index (κ2) is 5.48. The van der Waals surface area contributed by atoms with Gasteiger partial charge < -0.3 is 4.74 Å². The highest BCUT2D eigenvalue weighted by molar-refractivity contribution is 14.1. The Morgan fingerprint density at radius 2 is 1.95 bits per heavy atom. The van der Waals surface area contributed by atoms with E-state index in [1.165, 1.54) is 9.13 Å². The molecule has 0 amide bonds. The zero-order valence-electron chi connectivity index (χ0n) is 10.4. The molecule has 1 aliphatic rings. The van der Waals surface area contributed by atoms with Crippen LogP contribution in [-0.2, 0) is 6.42 Å². The van der Waals surface area contributed by atoms with E-state index < -0.39 is 0 Å². The van der Waals surface area contributed by atoms with E-state index in [-0.39, 0.29) is 6.04 Å². The summed E-state index contributed by atoms with van der Waals surface area (Å²) in [5.74, 6) is 6.75. The van der Waals surface area contributed by atoms with Gasteiger partial charge in [-0.25, -0.2) is 5.43 Å². The van der Waals surface area contributed by atoms with Crippen molar-refractivity contribution in [1.82, 2.24) is 5.43 Å². The number of hydrogen-bond donors (Lipinski definition) is 2. The molecule has 98 valence electrons. The molecule has 2 aromatic carbocycles. The fourth-order valence-corrected chi connectivity index (χ4v) is 2.85. The minimum Gasteiger partial charge on any atom is -0.493 e. The van der Waals surface area contributed by atoms with E-state index in [2.05, 4.69) is 70.5 Å². The van der Waals surface area contributed by atoms with E-state index in [9.17, 15) is 0 Å². The molecular formula is C15H15IN2O. The molecule has 2 aromatic rings. The van der Waals surface area contributed by atoms with Gasteiger partial charge in [0, 0.05) is 15.6 Å². The van der Waals surface area contributed by atoms with Gasteiger partial charge in [0.2, 0.25) is 0 Å². The Morgan fingerprint density at radius 1 is 1.16 bits per heavy atom. The average Bonchev–Trinajstić information content (AvgIpc) is 2.91. The number of para-hydroxylation sites is 1. The molecule has 0 fully saturated rings. The lowest BCUT2D eigenvalue weighted by atomic mass is 9.96. The van der Waals surface area contributed by atoms with Crippen LogP contribution in [0.4, 0.5) is 0 Å². The van der Waals surface area contributed by atoms with Crippen molar-refractivity contribution in [2.24, 2.45) is 5.84 Å². The van der Waals surface area contributed by atoms with Gasteiger partial charge in [-0.05, 0) is 45.9 Å². The van der Waals surface area contributed by atoms with E-state index in [0.29, 0.717) is 0 Å². The monoisotopic (exact) mass is 366 g/mol. The van der Waals surface area contributed by atoms with Crippen LogP contribution in [0.15, 0.2) is 42.5 Å². The second-order valence-corrected chi connectivity index (χ2v) is 5.83. The largest absolute Gasteiger partial charge is 0.493 e. The molecule has 1 unspecified atom stereocenters. The van der Waals surface area contributed by atoms with Crippen LogP contribution in [0.3, 0.4) is 0 Å². The number of hydrogen-bond acceptors (Lipinski definition) is 3. The van der Waals surface area contributed by atoms with Gasteiger partial charge in [0.1, 0.15) is 5.75 Å². The molecule has 3 rings (SSSR count). The summed E-state index contributed by atoms with van der Waals surface area (Å²) in [6.45, 7) is 0.760. The van der Waals surface area contributed by atoms with Gasteiger partial charge in [-0.1, -0.05) is 30.3 Å². The molecule has 0 aliphatic carbocycles. The number of rotatable bonds is 3. The van der Waals surface area contributed by atoms with E-state index >= 15 is 0 Å². The van der Waals surface area contributed by atoms with Crippen LogP contribution >= 0.6 is 22.6 Å². The molecule has 3 N–H and O–H groups in total. The van der Waals surface area contributed by atoms with Crippen LogP contribution in [0.2, 0.25) is 0 Å². The molecular weight excluding hydrogens is 351 g/mol. The number of benzene rings is 2. The lowest BCUT2D eigenvalue weighted by Gasteiger charge is -2.19. The summed E-state index contributed by atoms with van der Waals surface area (Å²) < 4.78 is 6.98. The first-order valence-corrected chi connectivity index (χ1v) is 7.33. The normalized spacial score (nSPS) is 14.8. The molecule has 1 heterocycles. The van der Waals surface area contributed by atoms with Crippen molar-refractivity contribution >= 4 is 22.6 Å². The molecule has 0 spiro atoms. The number of ether oxygens (including phenoxy) is 1. The van der Waals surface area contributed by atoms with Crippen LogP contribution in [0.5, 0.6) is 5.75 Å². The Labute approximate surface area is 126 Å². The van der Waals surface area contributed by atoms with Gasteiger partial charge in [0.05, 0.1) is 12.6 Å². The minimum atomic E-state index is -0.0370. The molecule has 4 heteroatoms. The Balaban J connectivity index is 2.03. The molecule has 19 heavy (non-hydrogen) atoms. The Morgan fingerprint density at radius 3 is 2.68 bits per heavy atom. The maximum atomic E-state index is 5.76. The summed E-state index contributed by atoms with van der Waals surface area (Å²) >= 11 is 2.30. The van der Waals surface area contributed by atoms with E-state index in [1.54, 1.807) is 0 Å². The van der Waals surface area contributed by atoms with Crippen LogP contribution in [0.1, 0.15) is 22.7 Å². The lowest BCUT2D eigenvalue weighted by Crippen LogP contribution is -2.29. The van der Waals surface area contributed by atoms with Crippen molar-refractivity contribution in [2.75, 3.05) is 6.61 Å². The fourth-order valence-electron chi connectivity index (χ4n) is 2.49. The fraction of sp³-hybridized carbons (Fsp3) is 0.200. The first-order valence-electron chi connectivity index (χ1n) is 6.26. The third-order valence-electron chi connectivity index (χ3n) is 3.43. The molecule has 0 saturated carbocycles. The van der Waals surface area contributed by atoms with Crippen LogP contribution in [0.25, 0.3) is 0 Å². The highest BCUT2D eigenvalue weighted by atomic mass is 127. The van der Waals surface area contributed by atoms with E-state index in [0.717, 1.165) is 29.9 Å². The van der Waals surface area contributed by atoms with Crippen molar-refractivity contribution in [3.05, 3.63) is 62.7 Å². The van der Waals surface area contributed by atoms with Crippen molar-refractivity contribution < 1.29 is 4.74 Å². The Hall–Kier alpha value is -1.11. The highest BCUT2D eigenvalue weighted by Crippen LogP contribution is 2.35. The zero-order valence-corrected chi connectivity index (χ0v) is 12.6. The average molecular weight is 366 g/mol. The second-order valence-electron chi connectivity index (χ2n) is 4.59. The number of halogens is 1. The number of hydrazine groups is 1. The maximum Gasteiger partial charge on any atom is 0.127 e. The quantitative estimate of drug-likeness (QED) is 0.499. The zero-order chi connectivity index (χ0) is 13.2. The number of fused-ring (bicyclic) bond motifs is 1. The van der Waals surface area contributed by atoms with Gasteiger partial charge in [-0.3, -0.25) is 5.84 Å².